The maximum Gasteiger partial charge on any atom is 0.314 e. The Labute approximate surface area is 123 Å². The van der Waals surface area contributed by atoms with E-state index >= 15 is 0 Å². The smallest absolute Gasteiger partial charge is 0.314 e. The average molecular weight is 288 g/mol. The van der Waals surface area contributed by atoms with Gasteiger partial charge in [-0.15, -0.1) is 0 Å². The second kappa shape index (κ2) is 7.84. The van der Waals surface area contributed by atoms with Crippen molar-refractivity contribution in [2.45, 2.75) is 66.6 Å². The molecule has 120 valence electrons. The topological polar surface area (TPSA) is 81.6 Å². The van der Waals surface area contributed by atoms with Gasteiger partial charge in [-0.3, -0.25) is 0 Å². The lowest BCUT2D eigenvalue weighted by Gasteiger charge is -2.28. The fourth-order valence-electron chi connectivity index (χ4n) is 2.45. The fourth-order valence-corrected chi connectivity index (χ4v) is 2.45. The van der Waals surface area contributed by atoms with Crippen LogP contribution < -0.4 is 10.6 Å². The molecule has 0 saturated carbocycles. The van der Waals surface area contributed by atoms with Gasteiger partial charge in [0.2, 0.25) is 0 Å². The van der Waals surface area contributed by atoms with E-state index in [2.05, 4.69) is 10.6 Å². The number of hydrogen-bond acceptors (Lipinski definition) is 3. The summed E-state index contributed by atoms with van der Waals surface area (Å²) in [5.74, 6) is 0. The van der Waals surface area contributed by atoms with E-state index in [-0.39, 0.29) is 29.1 Å². The molecule has 0 saturated heterocycles. The summed E-state index contributed by atoms with van der Waals surface area (Å²) in [6.07, 6.45) is 0.529. The average Bonchev–Trinajstić information content (AvgIpc) is 2.20. The number of rotatable bonds is 8. The molecule has 0 heterocycles. The van der Waals surface area contributed by atoms with Crippen molar-refractivity contribution in [2.75, 3.05) is 13.1 Å². The number of aliphatic hydroxyl groups excluding tert-OH is 2. The van der Waals surface area contributed by atoms with E-state index in [1.807, 2.05) is 27.7 Å². The summed E-state index contributed by atoms with van der Waals surface area (Å²) in [5.41, 5.74) is -0.277. The van der Waals surface area contributed by atoms with E-state index in [0.29, 0.717) is 25.9 Å². The Kier molecular flexibility index (Phi) is 7.52. The largest absolute Gasteiger partial charge is 0.393 e. The quantitative estimate of drug-likeness (QED) is 0.550. The normalized spacial score (nSPS) is 15.6. The third kappa shape index (κ3) is 10.0. The molecule has 5 nitrogen and oxygen atoms in total. The Morgan fingerprint density at radius 2 is 1.20 bits per heavy atom. The van der Waals surface area contributed by atoms with E-state index in [4.69, 9.17) is 0 Å². The van der Waals surface area contributed by atoms with Crippen LogP contribution in [-0.2, 0) is 0 Å². The summed E-state index contributed by atoms with van der Waals surface area (Å²) in [4.78, 5) is 11.8. The zero-order valence-corrected chi connectivity index (χ0v) is 13.8. The van der Waals surface area contributed by atoms with Gasteiger partial charge in [0.05, 0.1) is 12.2 Å². The molecule has 0 aliphatic rings. The standard InChI is InChI=1S/C15H32N2O3/c1-11(18)7-14(3,4)9-16-13(20)17-10-15(5,6)8-12(2)19/h11-12,18-19H,7-10H2,1-6H3,(H2,16,17,20). The number of nitrogens with one attached hydrogen (secondary N) is 2. The molecule has 0 aromatic heterocycles. The highest BCUT2D eigenvalue weighted by atomic mass is 16.3. The number of hydrogen-bond donors (Lipinski definition) is 4. The molecular weight excluding hydrogens is 256 g/mol. The molecule has 2 amide bonds. The Bertz CT molecular complexity index is 271. The molecule has 0 aliphatic heterocycles. The first kappa shape index (κ1) is 19.2. The van der Waals surface area contributed by atoms with Crippen molar-refractivity contribution >= 4 is 6.03 Å². The van der Waals surface area contributed by atoms with E-state index in [0.717, 1.165) is 0 Å². The van der Waals surface area contributed by atoms with Crippen molar-refractivity contribution in [3.8, 4) is 0 Å². The Morgan fingerprint density at radius 3 is 1.45 bits per heavy atom. The van der Waals surface area contributed by atoms with Crippen LogP contribution in [0.4, 0.5) is 4.79 Å². The maximum atomic E-state index is 11.8. The van der Waals surface area contributed by atoms with Gasteiger partial charge in [0.15, 0.2) is 0 Å². The highest BCUT2D eigenvalue weighted by Gasteiger charge is 2.23. The third-order valence-electron chi connectivity index (χ3n) is 3.15. The van der Waals surface area contributed by atoms with Gasteiger partial charge >= 0.3 is 6.03 Å². The van der Waals surface area contributed by atoms with Crippen LogP contribution in [0, 0.1) is 10.8 Å². The van der Waals surface area contributed by atoms with E-state index in [1.165, 1.54) is 0 Å². The van der Waals surface area contributed by atoms with Crippen LogP contribution in [0.1, 0.15) is 54.4 Å². The predicted molar refractivity (Wildman–Crippen MR) is 81.6 cm³/mol. The van der Waals surface area contributed by atoms with Crippen LogP contribution in [-0.4, -0.2) is 41.5 Å². The number of aliphatic hydroxyl groups is 2. The minimum absolute atomic E-state index is 0.138. The van der Waals surface area contributed by atoms with Crippen LogP contribution >= 0.6 is 0 Å². The van der Waals surface area contributed by atoms with Gasteiger partial charge in [-0.25, -0.2) is 4.79 Å². The van der Waals surface area contributed by atoms with Gasteiger partial charge in [-0.1, -0.05) is 27.7 Å². The van der Waals surface area contributed by atoms with Crippen LogP contribution in [0.2, 0.25) is 0 Å². The lowest BCUT2D eigenvalue weighted by molar-refractivity contribution is 0.125. The second-order valence-electron chi connectivity index (χ2n) is 7.47. The maximum absolute atomic E-state index is 11.8. The molecule has 20 heavy (non-hydrogen) atoms. The molecule has 0 aliphatic carbocycles. The van der Waals surface area contributed by atoms with Crippen molar-refractivity contribution in [3.05, 3.63) is 0 Å². The molecular formula is C15H32N2O3. The van der Waals surface area contributed by atoms with Gasteiger partial charge < -0.3 is 20.8 Å². The second-order valence-corrected chi connectivity index (χ2v) is 7.47. The summed E-state index contributed by atoms with van der Waals surface area (Å²) in [6, 6.07) is -0.206. The summed E-state index contributed by atoms with van der Waals surface area (Å²) in [7, 11) is 0. The van der Waals surface area contributed by atoms with E-state index in [9.17, 15) is 15.0 Å². The van der Waals surface area contributed by atoms with Gasteiger partial charge in [0, 0.05) is 13.1 Å². The summed E-state index contributed by atoms with van der Waals surface area (Å²) >= 11 is 0. The van der Waals surface area contributed by atoms with Gasteiger partial charge in [-0.2, -0.15) is 0 Å². The Hall–Kier alpha value is -0.810. The molecule has 0 fully saturated rings. The van der Waals surface area contributed by atoms with E-state index < -0.39 is 0 Å². The van der Waals surface area contributed by atoms with Crippen molar-refractivity contribution in [1.29, 1.82) is 0 Å². The lowest BCUT2D eigenvalue weighted by Crippen LogP contribution is -2.44. The molecule has 2 unspecified atom stereocenters. The molecule has 0 rings (SSSR count). The molecule has 0 aromatic rings. The van der Waals surface area contributed by atoms with Gasteiger partial charge in [-0.05, 0) is 37.5 Å². The molecule has 0 aromatic carbocycles. The van der Waals surface area contributed by atoms with Crippen molar-refractivity contribution in [1.82, 2.24) is 10.6 Å². The monoisotopic (exact) mass is 288 g/mol. The van der Waals surface area contributed by atoms with Gasteiger partial charge in [0.1, 0.15) is 0 Å². The van der Waals surface area contributed by atoms with Gasteiger partial charge in [0.25, 0.3) is 0 Å². The van der Waals surface area contributed by atoms with Crippen LogP contribution in [0.25, 0.3) is 0 Å². The molecule has 0 spiro atoms. The number of urea groups is 1. The summed E-state index contributed by atoms with van der Waals surface area (Å²) in [6.45, 7) is 12.6. The van der Waals surface area contributed by atoms with Crippen LogP contribution in [0.3, 0.4) is 0 Å². The van der Waals surface area contributed by atoms with Crippen molar-refractivity contribution in [3.63, 3.8) is 0 Å². The molecule has 4 N–H and O–H groups in total. The fraction of sp³-hybridized carbons (Fsp3) is 0.933. The number of carbonyl (C=O) groups is 1. The Morgan fingerprint density at radius 1 is 0.900 bits per heavy atom. The first-order valence-corrected chi connectivity index (χ1v) is 7.31. The lowest BCUT2D eigenvalue weighted by atomic mass is 9.86. The zero-order valence-electron chi connectivity index (χ0n) is 13.8. The SMILES string of the molecule is CC(O)CC(C)(C)CNC(=O)NCC(C)(C)CC(C)O. The summed E-state index contributed by atoms with van der Waals surface area (Å²) in [5, 5.41) is 24.5. The van der Waals surface area contributed by atoms with Crippen molar-refractivity contribution < 1.29 is 15.0 Å². The number of amides is 2. The minimum atomic E-state index is -0.375. The van der Waals surface area contributed by atoms with E-state index in [1.54, 1.807) is 13.8 Å². The molecule has 0 radical (unpaired) electrons. The third-order valence-corrected chi connectivity index (χ3v) is 3.15. The minimum Gasteiger partial charge on any atom is -0.393 e. The first-order valence-electron chi connectivity index (χ1n) is 7.31. The predicted octanol–water partition coefficient (Wildman–Crippen LogP) is 1.88. The number of carbonyl (C=O) groups excluding carboxylic acids is 1. The summed E-state index contributed by atoms with van der Waals surface area (Å²) < 4.78 is 0. The Balaban J connectivity index is 4.06. The molecule has 0 bridgehead atoms. The van der Waals surface area contributed by atoms with Crippen molar-refractivity contribution in [2.24, 2.45) is 10.8 Å². The highest BCUT2D eigenvalue weighted by molar-refractivity contribution is 5.73. The van der Waals surface area contributed by atoms with Crippen LogP contribution in [0.15, 0.2) is 0 Å². The molecule has 2 atom stereocenters. The zero-order chi connectivity index (χ0) is 16.0. The highest BCUT2D eigenvalue weighted by Crippen LogP contribution is 2.22. The first-order chi connectivity index (χ1) is 8.93. The van der Waals surface area contributed by atoms with Crippen LogP contribution in [0.5, 0.6) is 0 Å². The molecule has 5 heteroatoms.